The maximum atomic E-state index is 13.4. The Morgan fingerprint density at radius 2 is 1.85 bits per heavy atom. The molecule has 0 aliphatic carbocycles. The zero-order valence-electron chi connectivity index (χ0n) is 19.3. The van der Waals surface area contributed by atoms with Crippen molar-refractivity contribution in [1.82, 2.24) is 14.3 Å². The fourth-order valence-electron chi connectivity index (χ4n) is 4.50. The molecule has 1 fully saturated rings. The Hall–Kier alpha value is -4.00. The van der Waals surface area contributed by atoms with Crippen LogP contribution in [0.15, 0.2) is 73.1 Å². The second kappa shape index (κ2) is 9.47. The second-order valence-corrected chi connectivity index (χ2v) is 8.28. The predicted octanol–water partition coefficient (Wildman–Crippen LogP) is 4.91. The van der Waals surface area contributed by atoms with Crippen LogP contribution in [0.25, 0.3) is 5.65 Å². The number of hydrogen-bond acceptors (Lipinski definition) is 5. The van der Waals surface area contributed by atoms with E-state index >= 15 is 0 Å². The molecule has 1 atom stereocenters. The summed E-state index contributed by atoms with van der Waals surface area (Å²) in [6.45, 7) is 1.07. The lowest BCUT2D eigenvalue weighted by Crippen LogP contribution is -2.30. The second-order valence-electron chi connectivity index (χ2n) is 8.28. The number of methoxy groups -OCH3 is 2. The van der Waals surface area contributed by atoms with Gasteiger partial charge in [-0.3, -0.25) is 4.79 Å². The number of benzene rings is 2. The molecule has 4 aromatic rings. The summed E-state index contributed by atoms with van der Waals surface area (Å²) in [6.07, 6.45) is 5.76. The van der Waals surface area contributed by atoms with Gasteiger partial charge < -0.3 is 23.5 Å². The van der Waals surface area contributed by atoms with Gasteiger partial charge in [-0.15, -0.1) is 0 Å². The lowest BCUT2D eigenvalue weighted by molar-refractivity contribution is 0.0734. The van der Waals surface area contributed by atoms with E-state index in [9.17, 15) is 4.79 Å². The first-order valence-corrected chi connectivity index (χ1v) is 11.3. The van der Waals surface area contributed by atoms with Gasteiger partial charge in [0, 0.05) is 36.1 Å². The molecule has 7 nitrogen and oxygen atoms in total. The Morgan fingerprint density at radius 1 is 1.03 bits per heavy atom. The first-order chi connectivity index (χ1) is 16.7. The number of nitrogens with zero attached hydrogens (tertiary/aromatic N) is 3. The molecule has 2 aromatic heterocycles. The van der Waals surface area contributed by atoms with Gasteiger partial charge in [0.1, 0.15) is 29.5 Å². The molecule has 174 valence electrons. The van der Waals surface area contributed by atoms with Crippen LogP contribution in [-0.4, -0.2) is 41.0 Å². The van der Waals surface area contributed by atoms with Crippen molar-refractivity contribution in [3.63, 3.8) is 0 Å². The van der Waals surface area contributed by atoms with E-state index in [1.54, 1.807) is 14.2 Å². The van der Waals surface area contributed by atoms with E-state index in [1.165, 1.54) is 0 Å². The quantitative estimate of drug-likeness (QED) is 0.395. The molecule has 7 heteroatoms. The van der Waals surface area contributed by atoms with E-state index in [0.717, 1.165) is 41.2 Å². The van der Waals surface area contributed by atoms with Gasteiger partial charge in [0.15, 0.2) is 0 Å². The first-order valence-electron chi connectivity index (χ1n) is 11.3. The third-order valence-electron chi connectivity index (χ3n) is 6.22. The number of pyridine rings is 1. The van der Waals surface area contributed by atoms with Crippen LogP contribution in [0.2, 0.25) is 0 Å². The molecule has 0 spiro atoms. The summed E-state index contributed by atoms with van der Waals surface area (Å²) in [5.41, 5.74) is 3.37. The normalized spacial score (nSPS) is 15.5. The minimum atomic E-state index is -0.0284. The number of carbonyl (C=O) groups is 1. The van der Waals surface area contributed by atoms with E-state index in [-0.39, 0.29) is 11.9 Å². The van der Waals surface area contributed by atoms with Gasteiger partial charge in [-0.05, 0) is 61.4 Å². The number of ether oxygens (including phenoxy) is 3. The largest absolute Gasteiger partial charge is 0.497 e. The number of fused-ring (bicyclic) bond motifs is 1. The highest BCUT2D eigenvalue weighted by Gasteiger charge is 2.32. The van der Waals surface area contributed by atoms with E-state index in [0.29, 0.717) is 24.5 Å². The van der Waals surface area contributed by atoms with Crippen molar-refractivity contribution in [2.45, 2.75) is 25.5 Å². The Labute approximate surface area is 198 Å². The van der Waals surface area contributed by atoms with Crippen molar-refractivity contribution in [2.75, 3.05) is 20.8 Å². The van der Waals surface area contributed by atoms with Crippen molar-refractivity contribution in [3.05, 3.63) is 89.9 Å². The predicted molar refractivity (Wildman–Crippen MR) is 129 cm³/mol. The third-order valence-corrected chi connectivity index (χ3v) is 6.22. The number of hydrogen-bond donors (Lipinski definition) is 0. The molecular weight excluding hydrogens is 430 g/mol. The topological polar surface area (TPSA) is 65.3 Å². The van der Waals surface area contributed by atoms with Gasteiger partial charge in [0.2, 0.25) is 0 Å². The number of aromatic nitrogens is 2. The fourth-order valence-corrected chi connectivity index (χ4v) is 4.50. The molecule has 1 aliphatic heterocycles. The van der Waals surface area contributed by atoms with E-state index in [2.05, 4.69) is 4.98 Å². The molecule has 5 rings (SSSR count). The number of likely N-dealkylation sites (tertiary alicyclic amines) is 1. The molecule has 0 saturated carbocycles. The third kappa shape index (κ3) is 4.29. The Morgan fingerprint density at radius 3 is 2.62 bits per heavy atom. The number of rotatable bonds is 7. The van der Waals surface area contributed by atoms with Gasteiger partial charge in [-0.25, -0.2) is 4.98 Å². The van der Waals surface area contributed by atoms with Crippen LogP contribution in [-0.2, 0) is 6.61 Å². The molecular formula is C27H27N3O4. The summed E-state index contributed by atoms with van der Waals surface area (Å²) >= 11 is 0. The summed E-state index contributed by atoms with van der Waals surface area (Å²) in [5.74, 6) is 2.17. The van der Waals surface area contributed by atoms with Crippen molar-refractivity contribution in [1.29, 1.82) is 0 Å². The molecule has 0 bridgehead atoms. The number of carbonyl (C=O) groups excluding carboxylic acids is 1. The van der Waals surface area contributed by atoms with Crippen LogP contribution < -0.4 is 14.2 Å². The maximum Gasteiger partial charge on any atom is 0.254 e. The summed E-state index contributed by atoms with van der Waals surface area (Å²) in [7, 11) is 3.27. The van der Waals surface area contributed by atoms with Crippen molar-refractivity contribution < 1.29 is 19.0 Å². The van der Waals surface area contributed by atoms with E-state index < -0.39 is 0 Å². The average Bonchev–Trinajstić information content (AvgIpc) is 3.54. The summed E-state index contributed by atoms with van der Waals surface area (Å²) in [5, 5.41) is 0. The number of imidazole rings is 1. The van der Waals surface area contributed by atoms with E-state index in [1.807, 2.05) is 82.4 Å². The zero-order chi connectivity index (χ0) is 23.5. The highest BCUT2D eigenvalue weighted by molar-refractivity contribution is 5.94. The molecule has 0 radical (unpaired) electrons. The maximum absolute atomic E-state index is 13.4. The zero-order valence-corrected chi connectivity index (χ0v) is 19.3. The van der Waals surface area contributed by atoms with Gasteiger partial charge in [-0.2, -0.15) is 0 Å². The molecule has 2 aromatic carbocycles. The van der Waals surface area contributed by atoms with Crippen LogP contribution in [0.3, 0.4) is 0 Å². The number of amides is 1. The van der Waals surface area contributed by atoms with Crippen LogP contribution in [0.5, 0.6) is 17.2 Å². The van der Waals surface area contributed by atoms with Gasteiger partial charge in [0.25, 0.3) is 5.91 Å². The minimum Gasteiger partial charge on any atom is -0.497 e. The Kier molecular flexibility index (Phi) is 6.08. The Bertz CT molecular complexity index is 1270. The Balaban J connectivity index is 1.27. The molecule has 3 heterocycles. The average molecular weight is 458 g/mol. The molecule has 34 heavy (non-hydrogen) atoms. The van der Waals surface area contributed by atoms with Crippen LogP contribution >= 0.6 is 0 Å². The van der Waals surface area contributed by atoms with Crippen LogP contribution in [0.1, 0.15) is 40.5 Å². The van der Waals surface area contributed by atoms with E-state index in [4.69, 9.17) is 14.2 Å². The fraction of sp³-hybridized carbons (Fsp3) is 0.259. The molecule has 1 amide bonds. The lowest BCUT2D eigenvalue weighted by Gasteiger charge is -2.26. The smallest absolute Gasteiger partial charge is 0.254 e. The van der Waals surface area contributed by atoms with Crippen LogP contribution in [0, 0.1) is 0 Å². The van der Waals surface area contributed by atoms with Crippen molar-refractivity contribution in [2.24, 2.45) is 0 Å². The van der Waals surface area contributed by atoms with Gasteiger partial charge >= 0.3 is 0 Å². The molecule has 0 unspecified atom stereocenters. The lowest BCUT2D eigenvalue weighted by atomic mass is 10.0. The highest BCUT2D eigenvalue weighted by atomic mass is 16.5. The first kappa shape index (κ1) is 21.8. The molecule has 0 N–H and O–H groups in total. The minimum absolute atomic E-state index is 0.00673. The van der Waals surface area contributed by atoms with Crippen LogP contribution in [0.4, 0.5) is 0 Å². The highest BCUT2D eigenvalue weighted by Crippen LogP contribution is 2.39. The monoisotopic (exact) mass is 457 g/mol. The molecule has 1 aliphatic rings. The standard InChI is InChI=1S/C27H27N3O4/c1-32-22-12-13-23(25(16-22)33-2)24-6-5-15-30(24)27(31)19-8-10-21(11-9-19)34-18-20-17-29-14-4-3-7-26(29)28-20/h3-4,7-14,16-17,24H,5-6,15,18H2,1-2H3/t24-/m1/s1. The molecule has 1 saturated heterocycles. The SMILES string of the molecule is COc1ccc([C@H]2CCCN2C(=O)c2ccc(OCc3cn4ccccc4n3)cc2)c(OC)c1. The van der Waals surface area contributed by atoms with Gasteiger partial charge in [0.05, 0.1) is 26.0 Å². The summed E-state index contributed by atoms with van der Waals surface area (Å²) in [6, 6.07) is 18.9. The van der Waals surface area contributed by atoms with Crippen molar-refractivity contribution >= 4 is 11.6 Å². The van der Waals surface area contributed by atoms with Crippen molar-refractivity contribution in [3.8, 4) is 17.2 Å². The van der Waals surface area contributed by atoms with Gasteiger partial charge in [-0.1, -0.05) is 6.07 Å². The summed E-state index contributed by atoms with van der Waals surface area (Å²) < 4.78 is 18.8. The summed E-state index contributed by atoms with van der Waals surface area (Å²) in [4.78, 5) is 19.8.